The lowest BCUT2D eigenvalue weighted by molar-refractivity contribution is -0.385. The third-order valence-electron chi connectivity index (χ3n) is 2.86. The van der Waals surface area contributed by atoms with Crippen LogP contribution >= 0.6 is 11.6 Å². The number of amides is 1. The zero-order valence-corrected chi connectivity index (χ0v) is 12.7. The zero-order chi connectivity index (χ0) is 17.7. The van der Waals surface area contributed by atoms with Crippen LogP contribution in [0.4, 0.5) is 17.1 Å². The van der Waals surface area contributed by atoms with Crippen molar-refractivity contribution >= 4 is 34.6 Å². The zero-order valence-electron chi connectivity index (χ0n) is 12.0. The number of nitrogens with one attached hydrogen (secondary N) is 1. The van der Waals surface area contributed by atoms with Crippen LogP contribution in [-0.2, 0) is 4.79 Å². The van der Waals surface area contributed by atoms with Gasteiger partial charge in [0.15, 0.2) is 12.4 Å². The monoisotopic (exact) mass is 351 g/mol. The first-order valence-electron chi connectivity index (χ1n) is 6.48. The fourth-order valence-corrected chi connectivity index (χ4v) is 2.00. The number of non-ortho nitro benzene ring substituents is 1. The van der Waals surface area contributed by atoms with Crippen molar-refractivity contribution in [3.8, 4) is 5.75 Å². The molecule has 0 aromatic heterocycles. The Morgan fingerprint density at radius 3 is 2.46 bits per heavy atom. The van der Waals surface area contributed by atoms with E-state index in [9.17, 15) is 25.0 Å². The normalized spacial score (nSPS) is 10.0. The molecular formula is C14H10ClN3O6. The Morgan fingerprint density at radius 2 is 1.83 bits per heavy atom. The van der Waals surface area contributed by atoms with Gasteiger partial charge in [-0.3, -0.25) is 25.0 Å². The summed E-state index contributed by atoms with van der Waals surface area (Å²) in [7, 11) is 0. The smallest absolute Gasteiger partial charge is 0.310 e. The van der Waals surface area contributed by atoms with E-state index in [1.807, 2.05) is 0 Å². The molecule has 10 heteroatoms. The quantitative estimate of drug-likeness (QED) is 0.629. The minimum absolute atomic E-state index is 0.0109. The number of carbonyl (C=O) groups is 1. The highest BCUT2D eigenvalue weighted by molar-refractivity contribution is 6.34. The van der Waals surface area contributed by atoms with Gasteiger partial charge >= 0.3 is 5.69 Å². The van der Waals surface area contributed by atoms with Crippen molar-refractivity contribution in [3.63, 3.8) is 0 Å². The van der Waals surface area contributed by atoms with Crippen LogP contribution < -0.4 is 10.1 Å². The van der Waals surface area contributed by atoms with E-state index in [-0.39, 0.29) is 27.8 Å². The first-order chi connectivity index (χ1) is 11.4. The summed E-state index contributed by atoms with van der Waals surface area (Å²) in [5.74, 6) is -0.670. The lowest BCUT2D eigenvalue weighted by Crippen LogP contribution is -2.20. The van der Waals surface area contributed by atoms with Crippen LogP contribution in [0, 0.1) is 20.2 Å². The third-order valence-corrected chi connectivity index (χ3v) is 3.17. The van der Waals surface area contributed by atoms with E-state index in [2.05, 4.69) is 5.32 Å². The van der Waals surface area contributed by atoms with E-state index >= 15 is 0 Å². The molecule has 0 heterocycles. The molecule has 0 fully saturated rings. The molecule has 1 N–H and O–H groups in total. The molecule has 124 valence electrons. The number of hydrogen-bond acceptors (Lipinski definition) is 6. The highest BCUT2D eigenvalue weighted by Crippen LogP contribution is 2.27. The van der Waals surface area contributed by atoms with Gasteiger partial charge in [-0.1, -0.05) is 23.7 Å². The molecule has 0 bridgehead atoms. The number of anilines is 1. The maximum atomic E-state index is 11.8. The van der Waals surface area contributed by atoms with Gasteiger partial charge in [0.1, 0.15) is 0 Å². The van der Waals surface area contributed by atoms with E-state index in [1.165, 1.54) is 36.4 Å². The molecule has 0 aliphatic heterocycles. The molecule has 24 heavy (non-hydrogen) atoms. The molecule has 2 aromatic rings. The molecule has 2 aromatic carbocycles. The number of nitrogens with zero attached hydrogens (tertiary/aromatic N) is 2. The molecule has 0 saturated heterocycles. The Morgan fingerprint density at radius 1 is 1.12 bits per heavy atom. The summed E-state index contributed by atoms with van der Waals surface area (Å²) >= 11 is 5.85. The summed E-state index contributed by atoms with van der Waals surface area (Å²) in [5, 5.41) is 23.9. The molecule has 2 rings (SSSR count). The Hall–Kier alpha value is -3.20. The summed E-state index contributed by atoms with van der Waals surface area (Å²) < 4.78 is 5.13. The van der Waals surface area contributed by atoms with E-state index in [4.69, 9.17) is 16.3 Å². The van der Waals surface area contributed by atoms with Gasteiger partial charge in [-0.15, -0.1) is 0 Å². The number of nitro groups is 2. The van der Waals surface area contributed by atoms with Crippen LogP contribution in [0.5, 0.6) is 5.75 Å². The standard InChI is InChI=1S/C14H10ClN3O6/c15-10-7-9(17(20)21)5-6-11(10)16-14(19)8-24-13-4-2-1-3-12(13)18(22)23/h1-7H,8H2,(H,16,19). The van der Waals surface area contributed by atoms with Crippen molar-refractivity contribution < 1.29 is 19.4 Å². The van der Waals surface area contributed by atoms with Gasteiger partial charge in [0.25, 0.3) is 11.6 Å². The Kier molecular flexibility index (Phi) is 5.27. The van der Waals surface area contributed by atoms with Crippen LogP contribution in [0.3, 0.4) is 0 Å². The van der Waals surface area contributed by atoms with E-state index < -0.39 is 22.4 Å². The second kappa shape index (κ2) is 7.38. The number of halogens is 1. The largest absolute Gasteiger partial charge is 0.477 e. The van der Waals surface area contributed by atoms with E-state index in [1.54, 1.807) is 0 Å². The average molecular weight is 352 g/mol. The highest BCUT2D eigenvalue weighted by Gasteiger charge is 2.16. The van der Waals surface area contributed by atoms with Crippen molar-refractivity contribution in [1.29, 1.82) is 0 Å². The fourth-order valence-electron chi connectivity index (χ4n) is 1.78. The first-order valence-corrected chi connectivity index (χ1v) is 6.86. The number of para-hydroxylation sites is 2. The van der Waals surface area contributed by atoms with Gasteiger partial charge in [0, 0.05) is 18.2 Å². The lowest BCUT2D eigenvalue weighted by Gasteiger charge is -2.09. The lowest BCUT2D eigenvalue weighted by atomic mass is 10.3. The molecule has 0 atom stereocenters. The van der Waals surface area contributed by atoms with Gasteiger partial charge in [-0.2, -0.15) is 0 Å². The van der Waals surface area contributed by atoms with Crippen molar-refractivity contribution in [2.24, 2.45) is 0 Å². The minimum atomic E-state index is -0.625. The number of ether oxygens (including phenoxy) is 1. The molecule has 0 aliphatic rings. The van der Waals surface area contributed by atoms with Crippen molar-refractivity contribution in [1.82, 2.24) is 0 Å². The minimum Gasteiger partial charge on any atom is -0.477 e. The molecule has 9 nitrogen and oxygen atoms in total. The summed E-state index contributed by atoms with van der Waals surface area (Å²) in [6.45, 7) is -0.488. The second-order valence-corrected chi connectivity index (χ2v) is 4.89. The maximum absolute atomic E-state index is 11.8. The molecule has 0 radical (unpaired) electrons. The van der Waals surface area contributed by atoms with Gasteiger partial charge < -0.3 is 10.1 Å². The van der Waals surface area contributed by atoms with Crippen molar-refractivity contribution in [2.75, 3.05) is 11.9 Å². The van der Waals surface area contributed by atoms with Crippen LogP contribution in [0.25, 0.3) is 0 Å². The van der Waals surface area contributed by atoms with Gasteiger partial charge in [-0.05, 0) is 12.1 Å². The summed E-state index contributed by atoms with van der Waals surface area (Å²) in [5.41, 5.74) is -0.314. The van der Waals surface area contributed by atoms with Gasteiger partial charge in [-0.25, -0.2) is 0 Å². The first kappa shape index (κ1) is 17.2. The Labute approximate surface area is 140 Å². The maximum Gasteiger partial charge on any atom is 0.310 e. The van der Waals surface area contributed by atoms with Crippen LogP contribution in [0.1, 0.15) is 0 Å². The number of rotatable bonds is 6. The SMILES string of the molecule is O=C(COc1ccccc1[N+](=O)[O-])Nc1ccc([N+](=O)[O-])cc1Cl. The Balaban J connectivity index is 2.02. The summed E-state index contributed by atoms with van der Waals surface area (Å²) in [6.07, 6.45) is 0. The van der Waals surface area contributed by atoms with Gasteiger partial charge in [0.2, 0.25) is 0 Å². The molecule has 0 spiro atoms. The fraction of sp³-hybridized carbons (Fsp3) is 0.0714. The van der Waals surface area contributed by atoms with Crippen LogP contribution in [0.15, 0.2) is 42.5 Å². The molecule has 1 amide bonds. The molecule has 0 saturated carbocycles. The molecular weight excluding hydrogens is 342 g/mol. The number of carbonyl (C=O) groups excluding carboxylic acids is 1. The average Bonchev–Trinajstić information content (AvgIpc) is 2.54. The molecule has 0 unspecified atom stereocenters. The van der Waals surface area contributed by atoms with Crippen LogP contribution in [-0.4, -0.2) is 22.4 Å². The predicted molar refractivity (Wildman–Crippen MR) is 85.3 cm³/mol. The predicted octanol–water partition coefficient (Wildman–Crippen LogP) is 3.17. The molecule has 0 aliphatic carbocycles. The summed E-state index contributed by atoms with van der Waals surface area (Å²) in [6, 6.07) is 9.19. The number of nitro benzene ring substituents is 2. The van der Waals surface area contributed by atoms with Gasteiger partial charge in [0.05, 0.1) is 20.6 Å². The number of hydrogen-bond donors (Lipinski definition) is 1. The van der Waals surface area contributed by atoms with E-state index in [0.717, 1.165) is 6.07 Å². The van der Waals surface area contributed by atoms with Crippen molar-refractivity contribution in [2.45, 2.75) is 0 Å². The van der Waals surface area contributed by atoms with Crippen LogP contribution in [0.2, 0.25) is 5.02 Å². The highest BCUT2D eigenvalue weighted by atomic mass is 35.5. The van der Waals surface area contributed by atoms with E-state index in [0.29, 0.717) is 0 Å². The van der Waals surface area contributed by atoms with Crippen molar-refractivity contribution in [3.05, 3.63) is 67.7 Å². The second-order valence-electron chi connectivity index (χ2n) is 4.48. The summed E-state index contributed by atoms with van der Waals surface area (Å²) in [4.78, 5) is 32.1. The third kappa shape index (κ3) is 4.17. The Bertz CT molecular complexity index is 811. The number of benzene rings is 2. The topological polar surface area (TPSA) is 125 Å².